The van der Waals surface area contributed by atoms with Crippen LogP contribution < -0.4 is 5.32 Å². The third-order valence-corrected chi connectivity index (χ3v) is 7.76. The predicted molar refractivity (Wildman–Crippen MR) is 123 cm³/mol. The lowest BCUT2D eigenvalue weighted by molar-refractivity contribution is -0.141. The summed E-state index contributed by atoms with van der Waals surface area (Å²) in [4.78, 5) is 17.5. The van der Waals surface area contributed by atoms with E-state index in [0.29, 0.717) is 29.9 Å². The first-order valence-electron chi connectivity index (χ1n) is 11.5. The summed E-state index contributed by atoms with van der Waals surface area (Å²) >= 11 is 5.82. The molecule has 36 heavy (non-hydrogen) atoms. The Hall–Kier alpha value is -2.92. The molecule has 192 valence electrons. The van der Waals surface area contributed by atoms with Gasteiger partial charge in [0.2, 0.25) is 0 Å². The molecule has 5 rings (SSSR count). The molecule has 7 nitrogen and oxygen atoms in total. The molecule has 2 aliphatic carbocycles. The Balaban J connectivity index is 1.34. The molecule has 0 aliphatic heterocycles. The van der Waals surface area contributed by atoms with E-state index < -0.39 is 29.1 Å². The van der Waals surface area contributed by atoms with Crippen molar-refractivity contribution in [3.63, 3.8) is 0 Å². The van der Waals surface area contributed by atoms with Gasteiger partial charge in [0.15, 0.2) is 0 Å². The summed E-state index contributed by atoms with van der Waals surface area (Å²) in [5.41, 5.74) is -1.45. The number of aryl methyl sites for hydroxylation is 2. The molecule has 1 aromatic carbocycles. The van der Waals surface area contributed by atoms with Gasteiger partial charge in [-0.15, -0.1) is 0 Å². The van der Waals surface area contributed by atoms with Crippen molar-refractivity contribution in [3.8, 4) is 0 Å². The number of nitrogens with zero attached hydrogens (tertiary/aromatic N) is 4. The van der Waals surface area contributed by atoms with Crippen LogP contribution in [0.1, 0.15) is 59.0 Å². The zero-order chi connectivity index (χ0) is 26.0. The van der Waals surface area contributed by atoms with Crippen LogP contribution >= 0.6 is 11.6 Å². The second kappa shape index (κ2) is 8.58. The molecule has 0 radical (unpaired) electrons. The highest BCUT2D eigenvalue weighted by molar-refractivity contribution is 6.31. The molecule has 2 aromatic heterocycles. The van der Waals surface area contributed by atoms with Gasteiger partial charge in [0, 0.05) is 25.7 Å². The van der Waals surface area contributed by atoms with Crippen molar-refractivity contribution in [2.24, 2.45) is 25.9 Å². The van der Waals surface area contributed by atoms with Crippen LogP contribution in [-0.2, 0) is 25.9 Å². The largest absolute Gasteiger partial charge is 0.419 e. The van der Waals surface area contributed by atoms with Gasteiger partial charge >= 0.3 is 6.18 Å². The molecule has 2 unspecified atom stereocenters. The van der Waals surface area contributed by atoms with Gasteiger partial charge in [0.25, 0.3) is 5.91 Å². The molecule has 2 aliphatic rings. The summed E-state index contributed by atoms with van der Waals surface area (Å²) in [5, 5.41) is 17.7. The third-order valence-electron chi connectivity index (χ3n) is 7.47. The maximum Gasteiger partial charge on any atom is 0.419 e. The van der Waals surface area contributed by atoms with Gasteiger partial charge in [0.1, 0.15) is 17.1 Å². The van der Waals surface area contributed by atoms with Crippen LogP contribution in [0.5, 0.6) is 0 Å². The Morgan fingerprint density at radius 1 is 1.22 bits per heavy atom. The minimum atomic E-state index is -4.61. The number of carbonyl (C=O) groups excluding carboxylic acids is 1. The minimum Gasteiger partial charge on any atom is -0.384 e. The second-order valence-corrected chi connectivity index (χ2v) is 10.2. The molecule has 0 spiro atoms. The number of amides is 1. The number of halogens is 5. The van der Waals surface area contributed by atoms with Gasteiger partial charge in [0.05, 0.1) is 34.5 Å². The van der Waals surface area contributed by atoms with E-state index in [0.717, 1.165) is 16.9 Å². The summed E-state index contributed by atoms with van der Waals surface area (Å²) in [6.07, 6.45) is -0.768. The van der Waals surface area contributed by atoms with Gasteiger partial charge in [-0.2, -0.15) is 18.3 Å². The molecule has 12 heteroatoms. The van der Waals surface area contributed by atoms with Crippen molar-refractivity contribution < 1.29 is 27.5 Å². The van der Waals surface area contributed by atoms with Gasteiger partial charge in [-0.05, 0) is 55.7 Å². The van der Waals surface area contributed by atoms with E-state index in [-0.39, 0.29) is 41.3 Å². The van der Waals surface area contributed by atoms with Crippen molar-refractivity contribution >= 4 is 23.2 Å². The summed E-state index contributed by atoms with van der Waals surface area (Å²) in [6, 6.07) is 3.89. The maximum absolute atomic E-state index is 13.5. The quantitative estimate of drug-likeness (QED) is 0.469. The number of hydrogen-bond donors (Lipinski definition) is 2. The lowest BCUT2D eigenvalue weighted by Crippen LogP contribution is -2.29. The van der Waals surface area contributed by atoms with Crippen LogP contribution in [0.3, 0.4) is 0 Å². The summed E-state index contributed by atoms with van der Waals surface area (Å²) in [7, 11) is 3.10. The average molecular weight is 526 g/mol. The van der Waals surface area contributed by atoms with Crippen LogP contribution in [0.15, 0.2) is 30.7 Å². The van der Waals surface area contributed by atoms with E-state index in [1.165, 1.54) is 25.5 Å². The first-order chi connectivity index (χ1) is 16.9. The molecule has 2 saturated carbocycles. The molecule has 2 fully saturated rings. The Morgan fingerprint density at radius 2 is 1.89 bits per heavy atom. The molecular weight excluding hydrogens is 502 g/mol. The van der Waals surface area contributed by atoms with Crippen LogP contribution in [0.25, 0.3) is 0 Å². The van der Waals surface area contributed by atoms with Crippen molar-refractivity contribution in [1.29, 1.82) is 0 Å². The monoisotopic (exact) mass is 525 g/mol. The zero-order valence-electron chi connectivity index (χ0n) is 19.5. The SMILES string of the molecule is Cn1cnc(C2CC3CC(O)(c4c(C(F)(F)F)cnn4C)CC3C2)c1C(=O)Nc1ccc(F)c(Cl)c1. The number of nitrogens with one attached hydrogen (secondary N) is 1. The van der Waals surface area contributed by atoms with E-state index in [9.17, 15) is 27.5 Å². The fraction of sp³-hybridized carbons (Fsp3) is 0.458. The van der Waals surface area contributed by atoms with Crippen LogP contribution in [0.2, 0.25) is 5.02 Å². The molecule has 2 N–H and O–H groups in total. The van der Waals surface area contributed by atoms with Crippen LogP contribution in [-0.4, -0.2) is 30.3 Å². The highest BCUT2D eigenvalue weighted by atomic mass is 35.5. The fourth-order valence-electron chi connectivity index (χ4n) is 6.06. The zero-order valence-corrected chi connectivity index (χ0v) is 20.2. The Bertz CT molecular complexity index is 1320. The smallest absolute Gasteiger partial charge is 0.384 e. The van der Waals surface area contributed by atoms with E-state index in [2.05, 4.69) is 15.4 Å². The van der Waals surface area contributed by atoms with E-state index in [1.54, 1.807) is 11.6 Å². The van der Waals surface area contributed by atoms with Crippen LogP contribution in [0, 0.1) is 17.7 Å². The van der Waals surface area contributed by atoms with Gasteiger partial charge in [-0.1, -0.05) is 11.6 Å². The second-order valence-electron chi connectivity index (χ2n) is 9.83. The van der Waals surface area contributed by atoms with Gasteiger partial charge in [-0.25, -0.2) is 9.37 Å². The van der Waals surface area contributed by atoms with Crippen molar-refractivity contribution in [1.82, 2.24) is 19.3 Å². The molecule has 1 amide bonds. The fourth-order valence-corrected chi connectivity index (χ4v) is 6.24. The summed E-state index contributed by atoms with van der Waals surface area (Å²) in [5.74, 6) is -1.15. The van der Waals surface area contributed by atoms with Gasteiger partial charge in [-0.3, -0.25) is 9.48 Å². The highest BCUT2D eigenvalue weighted by Gasteiger charge is 2.54. The molecule has 0 bridgehead atoms. The Labute approximate surface area is 209 Å². The first-order valence-corrected chi connectivity index (χ1v) is 11.8. The maximum atomic E-state index is 13.5. The van der Waals surface area contributed by atoms with Crippen LogP contribution in [0.4, 0.5) is 23.2 Å². The van der Waals surface area contributed by atoms with E-state index in [1.807, 2.05) is 0 Å². The normalized spacial score (nSPS) is 25.8. The van der Waals surface area contributed by atoms with Crippen molar-refractivity contribution in [2.75, 3.05) is 5.32 Å². The number of rotatable bonds is 4. The Kier molecular flexibility index (Phi) is 5.90. The summed E-state index contributed by atoms with van der Waals surface area (Å²) < 4.78 is 56.8. The number of anilines is 1. The summed E-state index contributed by atoms with van der Waals surface area (Å²) in [6.45, 7) is 0. The molecular formula is C24H24ClF4N5O2. The molecule has 0 saturated heterocycles. The Morgan fingerprint density at radius 3 is 2.50 bits per heavy atom. The molecule has 2 heterocycles. The highest BCUT2D eigenvalue weighted by Crippen LogP contribution is 2.57. The minimum absolute atomic E-state index is 0.0233. The number of aliphatic hydroxyl groups is 1. The molecule has 2 atom stereocenters. The standard InChI is InChI=1S/C24H24ClF4N5O2/c1-33-11-30-19(20(33)22(35)32-15-3-4-18(26)17(25)7-15)12-5-13-8-23(36,9-14(13)6-12)21-16(24(27,28)29)10-31-34(21)2/h3-4,7,10-14,36H,5-6,8-9H2,1-2H3,(H,32,35). The molecule has 3 aromatic rings. The number of carbonyl (C=O) groups is 1. The average Bonchev–Trinajstić information content (AvgIpc) is 3.52. The van der Waals surface area contributed by atoms with Gasteiger partial charge < -0.3 is 15.0 Å². The van der Waals surface area contributed by atoms with Crippen molar-refractivity contribution in [3.05, 3.63) is 64.2 Å². The number of aromatic nitrogens is 4. The number of imidazole rings is 1. The number of fused-ring (bicyclic) bond motifs is 1. The predicted octanol–water partition coefficient (Wildman–Crippen LogP) is 5.01. The topological polar surface area (TPSA) is 85.0 Å². The van der Waals surface area contributed by atoms with Crippen molar-refractivity contribution in [2.45, 2.75) is 43.4 Å². The van der Waals surface area contributed by atoms with E-state index >= 15 is 0 Å². The van der Waals surface area contributed by atoms with E-state index in [4.69, 9.17) is 11.6 Å². The number of alkyl halides is 3. The lowest BCUT2D eigenvalue weighted by Gasteiger charge is -2.27. The first kappa shape index (κ1) is 24.8. The number of benzene rings is 1. The lowest BCUT2D eigenvalue weighted by atomic mass is 9.88. The number of hydrogen-bond acceptors (Lipinski definition) is 4. The third kappa shape index (κ3) is 4.17.